The van der Waals surface area contributed by atoms with Crippen LogP contribution < -0.4 is 10.1 Å². The second-order valence-corrected chi connectivity index (χ2v) is 5.52. The minimum atomic E-state index is -0.0910. The van der Waals surface area contributed by atoms with E-state index in [-0.39, 0.29) is 5.91 Å². The number of ether oxygens (including phenoxy) is 1. The van der Waals surface area contributed by atoms with Crippen LogP contribution >= 0.6 is 15.9 Å². The first-order valence-electron chi connectivity index (χ1n) is 6.72. The van der Waals surface area contributed by atoms with Crippen LogP contribution in [0.3, 0.4) is 0 Å². The second kappa shape index (κ2) is 7.26. The van der Waals surface area contributed by atoms with Crippen molar-refractivity contribution in [3.05, 3.63) is 46.2 Å². The van der Waals surface area contributed by atoms with Gasteiger partial charge in [0, 0.05) is 24.8 Å². The fourth-order valence-electron chi connectivity index (χ4n) is 1.92. The Labute approximate surface area is 132 Å². The molecule has 0 saturated heterocycles. The maximum atomic E-state index is 12.0. The fourth-order valence-corrected chi connectivity index (χ4v) is 2.23. The molecular weight excluding hydrogens is 334 g/mol. The van der Waals surface area contributed by atoms with Gasteiger partial charge in [0.1, 0.15) is 5.75 Å². The molecule has 0 fully saturated rings. The van der Waals surface area contributed by atoms with Crippen molar-refractivity contribution in [1.29, 1.82) is 0 Å². The van der Waals surface area contributed by atoms with E-state index in [4.69, 9.17) is 4.74 Å². The van der Waals surface area contributed by atoms with Crippen molar-refractivity contribution in [3.63, 3.8) is 0 Å². The van der Waals surface area contributed by atoms with Gasteiger partial charge >= 0.3 is 0 Å². The summed E-state index contributed by atoms with van der Waals surface area (Å²) in [4.78, 5) is 12.0. The summed E-state index contributed by atoms with van der Waals surface area (Å²) in [6.07, 6.45) is 2.77. The lowest BCUT2D eigenvalue weighted by Crippen LogP contribution is -2.25. The van der Waals surface area contributed by atoms with Crippen LogP contribution in [0.4, 0.5) is 0 Å². The minimum Gasteiger partial charge on any atom is -0.497 e. The fraction of sp³-hybridized carbons (Fsp3) is 0.333. The molecule has 0 atom stereocenters. The zero-order valence-electron chi connectivity index (χ0n) is 12.1. The highest BCUT2D eigenvalue weighted by Crippen LogP contribution is 2.13. The minimum absolute atomic E-state index is 0.0910. The van der Waals surface area contributed by atoms with E-state index < -0.39 is 0 Å². The SMILES string of the molecule is COc1cccc(C(=O)NCCCn2cc(Br)c(C)n2)c1. The molecule has 2 rings (SSSR count). The summed E-state index contributed by atoms with van der Waals surface area (Å²) < 4.78 is 7.98. The summed E-state index contributed by atoms with van der Waals surface area (Å²) in [7, 11) is 1.58. The maximum Gasteiger partial charge on any atom is 0.251 e. The summed E-state index contributed by atoms with van der Waals surface area (Å²) in [5, 5.41) is 7.24. The Kier molecular flexibility index (Phi) is 5.38. The second-order valence-electron chi connectivity index (χ2n) is 4.67. The molecule has 21 heavy (non-hydrogen) atoms. The van der Waals surface area contributed by atoms with Crippen molar-refractivity contribution in [2.75, 3.05) is 13.7 Å². The number of aromatic nitrogens is 2. The molecule has 5 nitrogen and oxygen atoms in total. The summed E-state index contributed by atoms with van der Waals surface area (Å²) >= 11 is 3.43. The Morgan fingerprint density at radius 2 is 2.29 bits per heavy atom. The summed E-state index contributed by atoms with van der Waals surface area (Å²) in [6, 6.07) is 7.11. The first-order valence-corrected chi connectivity index (χ1v) is 7.51. The number of nitrogens with one attached hydrogen (secondary N) is 1. The normalized spacial score (nSPS) is 10.4. The van der Waals surface area contributed by atoms with Crippen molar-refractivity contribution in [1.82, 2.24) is 15.1 Å². The van der Waals surface area contributed by atoms with Crippen molar-refractivity contribution in [3.8, 4) is 5.75 Å². The lowest BCUT2D eigenvalue weighted by molar-refractivity contribution is 0.0952. The van der Waals surface area contributed by atoms with Crippen molar-refractivity contribution >= 4 is 21.8 Å². The van der Waals surface area contributed by atoms with Crippen LogP contribution in [0.5, 0.6) is 5.75 Å². The van der Waals surface area contributed by atoms with Gasteiger partial charge in [-0.15, -0.1) is 0 Å². The Morgan fingerprint density at radius 1 is 1.48 bits per heavy atom. The number of aryl methyl sites for hydroxylation is 2. The predicted octanol–water partition coefficient (Wildman–Crippen LogP) is 2.78. The molecule has 1 heterocycles. The molecule has 112 valence electrons. The zero-order valence-corrected chi connectivity index (χ0v) is 13.7. The molecule has 1 N–H and O–H groups in total. The number of hydrogen-bond donors (Lipinski definition) is 1. The Bertz CT molecular complexity index is 606. The van der Waals surface area contributed by atoms with Crippen LogP contribution in [0.15, 0.2) is 34.9 Å². The van der Waals surface area contributed by atoms with Crippen molar-refractivity contribution in [2.45, 2.75) is 19.9 Å². The van der Waals surface area contributed by atoms with Gasteiger partial charge in [0.15, 0.2) is 0 Å². The number of benzene rings is 1. The van der Waals surface area contributed by atoms with E-state index in [1.165, 1.54) is 0 Å². The summed E-state index contributed by atoms with van der Waals surface area (Å²) in [5.41, 5.74) is 1.57. The number of rotatable bonds is 6. The first kappa shape index (κ1) is 15.6. The van der Waals surface area contributed by atoms with Gasteiger partial charge in [0.25, 0.3) is 5.91 Å². The highest BCUT2D eigenvalue weighted by molar-refractivity contribution is 9.10. The smallest absolute Gasteiger partial charge is 0.251 e. The molecule has 0 bridgehead atoms. The van der Waals surface area contributed by atoms with Crippen LogP contribution in [0.25, 0.3) is 0 Å². The van der Waals surface area contributed by atoms with Crippen LogP contribution in [-0.4, -0.2) is 29.3 Å². The van der Waals surface area contributed by atoms with Crippen LogP contribution in [0.1, 0.15) is 22.5 Å². The van der Waals surface area contributed by atoms with Gasteiger partial charge in [0.05, 0.1) is 17.3 Å². The molecule has 1 aromatic carbocycles. The molecule has 2 aromatic rings. The largest absolute Gasteiger partial charge is 0.497 e. The van der Waals surface area contributed by atoms with Gasteiger partial charge in [0.2, 0.25) is 0 Å². The van der Waals surface area contributed by atoms with Gasteiger partial charge in [-0.1, -0.05) is 6.07 Å². The average Bonchev–Trinajstić information content (AvgIpc) is 2.82. The third-order valence-electron chi connectivity index (χ3n) is 3.07. The average molecular weight is 352 g/mol. The molecule has 0 aliphatic carbocycles. The number of carbonyl (C=O) groups is 1. The van der Waals surface area contributed by atoms with Crippen LogP contribution in [0.2, 0.25) is 0 Å². The van der Waals surface area contributed by atoms with E-state index >= 15 is 0 Å². The van der Waals surface area contributed by atoms with Crippen LogP contribution in [0, 0.1) is 6.92 Å². The van der Waals surface area contributed by atoms with E-state index in [2.05, 4.69) is 26.3 Å². The number of methoxy groups -OCH3 is 1. The predicted molar refractivity (Wildman–Crippen MR) is 84.6 cm³/mol. The Morgan fingerprint density at radius 3 is 2.95 bits per heavy atom. The molecule has 0 aliphatic rings. The summed E-state index contributed by atoms with van der Waals surface area (Å²) in [6.45, 7) is 3.32. The maximum absolute atomic E-state index is 12.0. The Balaban J connectivity index is 1.78. The zero-order chi connectivity index (χ0) is 15.2. The van der Waals surface area contributed by atoms with E-state index in [9.17, 15) is 4.79 Å². The number of amides is 1. The molecule has 6 heteroatoms. The van der Waals surface area contributed by atoms with Crippen molar-refractivity contribution in [2.24, 2.45) is 0 Å². The van der Waals surface area contributed by atoms with Gasteiger partial charge in [-0.3, -0.25) is 9.48 Å². The Hall–Kier alpha value is -1.82. The lowest BCUT2D eigenvalue weighted by atomic mass is 10.2. The number of halogens is 1. The van der Waals surface area contributed by atoms with Crippen LogP contribution in [-0.2, 0) is 6.54 Å². The first-order chi connectivity index (χ1) is 10.1. The molecular formula is C15H18BrN3O2. The van der Waals surface area contributed by atoms with Gasteiger partial charge in [-0.05, 0) is 47.5 Å². The summed E-state index contributed by atoms with van der Waals surface area (Å²) in [5.74, 6) is 0.589. The standard InChI is InChI=1S/C15H18BrN3O2/c1-11-14(16)10-19(18-11)8-4-7-17-15(20)12-5-3-6-13(9-12)21-2/h3,5-6,9-10H,4,7-8H2,1-2H3,(H,17,20). The number of nitrogens with zero attached hydrogens (tertiary/aromatic N) is 2. The van der Waals surface area contributed by atoms with Crippen molar-refractivity contribution < 1.29 is 9.53 Å². The monoisotopic (exact) mass is 351 g/mol. The van der Waals surface area contributed by atoms with Gasteiger partial charge < -0.3 is 10.1 Å². The molecule has 0 saturated carbocycles. The third kappa shape index (κ3) is 4.32. The van der Waals surface area contributed by atoms with Gasteiger partial charge in [-0.2, -0.15) is 5.10 Å². The lowest BCUT2D eigenvalue weighted by Gasteiger charge is -2.07. The molecule has 0 aliphatic heterocycles. The molecule has 0 unspecified atom stereocenters. The third-order valence-corrected chi connectivity index (χ3v) is 3.85. The van der Waals surface area contributed by atoms with E-state index in [1.807, 2.05) is 23.9 Å². The number of carbonyl (C=O) groups excluding carboxylic acids is 1. The molecule has 1 amide bonds. The number of hydrogen-bond acceptors (Lipinski definition) is 3. The molecule has 1 aromatic heterocycles. The highest BCUT2D eigenvalue weighted by atomic mass is 79.9. The van der Waals surface area contributed by atoms with E-state index in [0.717, 1.165) is 23.1 Å². The topological polar surface area (TPSA) is 56.1 Å². The highest BCUT2D eigenvalue weighted by Gasteiger charge is 2.06. The van der Waals surface area contributed by atoms with E-state index in [1.54, 1.807) is 25.3 Å². The quantitative estimate of drug-likeness (QED) is 0.814. The molecule has 0 spiro atoms. The van der Waals surface area contributed by atoms with Gasteiger partial charge in [-0.25, -0.2) is 0 Å². The molecule has 0 radical (unpaired) electrons. The van der Waals surface area contributed by atoms with E-state index in [0.29, 0.717) is 17.9 Å².